The summed E-state index contributed by atoms with van der Waals surface area (Å²) >= 11 is 0. The van der Waals surface area contributed by atoms with Crippen LogP contribution in [0.5, 0.6) is 5.75 Å². The lowest BCUT2D eigenvalue weighted by molar-refractivity contribution is -0.151. The smallest absolute Gasteiger partial charge is 0.306 e. The monoisotopic (exact) mass is 469 g/mol. The van der Waals surface area contributed by atoms with Crippen molar-refractivity contribution in [3.05, 3.63) is 65.2 Å². The highest BCUT2D eigenvalue weighted by Crippen LogP contribution is 2.21. The molecule has 1 N–H and O–H groups in total. The third kappa shape index (κ3) is 10.8. The van der Waals surface area contributed by atoms with Gasteiger partial charge in [-0.2, -0.15) is 0 Å². The maximum absolute atomic E-state index is 12.3. The molecule has 6 heteroatoms. The number of likely N-dealkylation sites (N-methyl/N-ethyl adjacent to an activating group) is 1. The second-order valence-electron chi connectivity index (χ2n) is 8.92. The second-order valence-corrected chi connectivity index (χ2v) is 8.92. The predicted molar refractivity (Wildman–Crippen MR) is 134 cm³/mol. The van der Waals surface area contributed by atoms with Crippen LogP contribution in [0.3, 0.4) is 0 Å². The van der Waals surface area contributed by atoms with Crippen molar-refractivity contribution in [2.24, 2.45) is 0 Å². The fourth-order valence-corrected chi connectivity index (χ4v) is 3.75. The zero-order chi connectivity index (χ0) is 24.8. The first-order valence-electron chi connectivity index (χ1n) is 12.2. The lowest BCUT2D eigenvalue weighted by atomic mass is 10.0. The lowest BCUT2D eigenvalue weighted by Gasteiger charge is -2.22. The fourth-order valence-electron chi connectivity index (χ4n) is 3.75. The number of esters is 1. The number of carbonyl (C=O) groups is 2. The van der Waals surface area contributed by atoms with Crippen molar-refractivity contribution in [3.63, 3.8) is 0 Å². The highest BCUT2D eigenvalue weighted by molar-refractivity contribution is 5.69. The lowest BCUT2D eigenvalue weighted by Crippen LogP contribution is -2.35. The first kappa shape index (κ1) is 27.4. The molecule has 0 aliphatic carbocycles. The molecule has 0 unspecified atom stereocenters. The van der Waals surface area contributed by atoms with Gasteiger partial charge in [0.05, 0.1) is 0 Å². The highest BCUT2D eigenvalue weighted by Gasteiger charge is 2.17. The van der Waals surface area contributed by atoms with E-state index >= 15 is 0 Å². The third-order valence-corrected chi connectivity index (χ3v) is 5.65. The van der Waals surface area contributed by atoms with Crippen molar-refractivity contribution in [2.45, 2.75) is 64.4 Å². The third-order valence-electron chi connectivity index (χ3n) is 5.65. The van der Waals surface area contributed by atoms with Gasteiger partial charge in [-0.25, -0.2) is 0 Å². The molecule has 0 amide bonds. The molecular formula is C28H39NO5. The number of unbranched alkanes of at least 4 members (excludes halogenated alkanes) is 2. The van der Waals surface area contributed by atoms with Gasteiger partial charge in [-0.05, 0) is 69.0 Å². The van der Waals surface area contributed by atoms with Gasteiger partial charge in [-0.3, -0.25) is 9.59 Å². The quantitative estimate of drug-likeness (QED) is 0.278. The Labute approximate surface area is 203 Å². The van der Waals surface area contributed by atoms with Crippen molar-refractivity contribution in [1.82, 2.24) is 4.90 Å². The Morgan fingerprint density at radius 3 is 2.26 bits per heavy atom. The van der Waals surface area contributed by atoms with E-state index in [0.717, 1.165) is 30.6 Å². The Hall–Kier alpha value is -2.86. The van der Waals surface area contributed by atoms with Crippen molar-refractivity contribution in [2.75, 3.05) is 27.2 Å². The van der Waals surface area contributed by atoms with Crippen LogP contribution in [0.1, 0.15) is 55.7 Å². The van der Waals surface area contributed by atoms with E-state index in [-0.39, 0.29) is 31.5 Å². The van der Waals surface area contributed by atoms with Crippen LogP contribution in [0.25, 0.3) is 0 Å². The second kappa shape index (κ2) is 15.1. The van der Waals surface area contributed by atoms with E-state index in [2.05, 4.69) is 37.3 Å². The molecule has 0 spiro atoms. The standard InChI is InChI=1S/C28H39NO5/c1-4-22-14-16-23(17-15-22)18-19-24-10-8-9-11-26(24)33-21-25(20-29(2)3)34-28(32)13-7-5-6-12-27(30)31/h8-11,14-17,25H,4-7,12-13,18-21H2,1-3H3,(H,30,31)/t25-/m0/s1. The number of rotatable bonds is 16. The van der Waals surface area contributed by atoms with E-state index in [1.165, 1.54) is 11.1 Å². The van der Waals surface area contributed by atoms with E-state index < -0.39 is 5.97 Å². The SMILES string of the molecule is CCc1ccc(CCc2ccccc2OC[C@H](CN(C)C)OC(=O)CCCCCC(=O)O)cc1. The summed E-state index contributed by atoms with van der Waals surface area (Å²) in [7, 11) is 3.87. The first-order chi connectivity index (χ1) is 16.4. The van der Waals surface area contributed by atoms with E-state index in [1.54, 1.807) is 0 Å². The molecule has 6 nitrogen and oxygen atoms in total. The maximum atomic E-state index is 12.3. The van der Waals surface area contributed by atoms with E-state index in [4.69, 9.17) is 14.6 Å². The molecule has 0 saturated heterocycles. The minimum absolute atomic E-state index is 0.135. The Bertz CT molecular complexity index is 879. The Morgan fingerprint density at radius 1 is 0.912 bits per heavy atom. The largest absolute Gasteiger partial charge is 0.489 e. The summed E-state index contributed by atoms with van der Waals surface area (Å²) in [5.41, 5.74) is 3.78. The summed E-state index contributed by atoms with van der Waals surface area (Å²) in [5, 5.41) is 8.70. The zero-order valence-electron chi connectivity index (χ0n) is 20.8. The molecule has 0 fully saturated rings. The van der Waals surface area contributed by atoms with Gasteiger partial charge >= 0.3 is 11.9 Å². The summed E-state index contributed by atoms with van der Waals surface area (Å²) in [4.78, 5) is 24.9. The summed E-state index contributed by atoms with van der Waals surface area (Å²) in [6, 6.07) is 16.8. The van der Waals surface area contributed by atoms with Crippen LogP contribution in [0, 0.1) is 0 Å². The molecule has 34 heavy (non-hydrogen) atoms. The number of carbonyl (C=O) groups excluding carboxylic acids is 1. The minimum atomic E-state index is -0.805. The maximum Gasteiger partial charge on any atom is 0.306 e. The normalized spacial score (nSPS) is 11.9. The first-order valence-corrected chi connectivity index (χ1v) is 12.2. The number of aliphatic carboxylic acids is 1. The number of para-hydroxylation sites is 1. The molecule has 1 atom stereocenters. The van der Waals surface area contributed by atoms with Crippen LogP contribution in [-0.2, 0) is 33.6 Å². The summed E-state index contributed by atoms with van der Waals surface area (Å²) < 4.78 is 11.8. The predicted octanol–water partition coefficient (Wildman–Crippen LogP) is 4.92. The van der Waals surface area contributed by atoms with Crippen molar-refractivity contribution in [3.8, 4) is 5.75 Å². The van der Waals surface area contributed by atoms with Gasteiger partial charge in [0.1, 0.15) is 18.5 Å². The molecule has 0 saturated carbocycles. The highest BCUT2D eigenvalue weighted by atomic mass is 16.6. The molecule has 2 aromatic carbocycles. The number of nitrogens with zero attached hydrogens (tertiary/aromatic N) is 1. The van der Waals surface area contributed by atoms with Gasteiger partial charge in [0.25, 0.3) is 0 Å². The molecule has 2 rings (SSSR count). The van der Waals surface area contributed by atoms with Gasteiger partial charge in [0, 0.05) is 19.4 Å². The molecule has 0 aliphatic rings. The van der Waals surface area contributed by atoms with E-state index in [9.17, 15) is 9.59 Å². The molecule has 0 aliphatic heterocycles. The molecule has 0 radical (unpaired) electrons. The van der Waals surface area contributed by atoms with E-state index in [1.807, 2.05) is 37.2 Å². The molecule has 0 bridgehead atoms. The Balaban J connectivity index is 1.87. The minimum Gasteiger partial charge on any atom is -0.489 e. The fraction of sp³-hybridized carbons (Fsp3) is 0.500. The van der Waals surface area contributed by atoms with Gasteiger partial charge < -0.3 is 19.5 Å². The molecule has 0 aromatic heterocycles. The average molecular weight is 470 g/mol. The van der Waals surface area contributed by atoms with Gasteiger partial charge in [-0.15, -0.1) is 0 Å². The molecule has 186 valence electrons. The number of carboxylic acids is 1. The number of benzene rings is 2. The number of ether oxygens (including phenoxy) is 2. The zero-order valence-corrected chi connectivity index (χ0v) is 20.8. The molecular weight excluding hydrogens is 430 g/mol. The summed E-state index contributed by atoms with van der Waals surface area (Å²) in [5.74, 6) is -0.254. The molecule has 2 aromatic rings. The summed E-state index contributed by atoms with van der Waals surface area (Å²) in [6.45, 7) is 3.01. The average Bonchev–Trinajstić information content (AvgIpc) is 2.81. The van der Waals surface area contributed by atoms with Crippen molar-refractivity contribution >= 4 is 11.9 Å². The number of carboxylic acid groups (broad SMARTS) is 1. The molecule has 0 heterocycles. The number of aryl methyl sites for hydroxylation is 3. The van der Waals surface area contributed by atoms with Gasteiger partial charge in [0.2, 0.25) is 0 Å². The number of hydrogen-bond acceptors (Lipinski definition) is 5. The number of hydrogen-bond donors (Lipinski definition) is 1. The van der Waals surface area contributed by atoms with Gasteiger partial charge in [0.15, 0.2) is 0 Å². The van der Waals surface area contributed by atoms with E-state index in [0.29, 0.717) is 25.8 Å². The summed E-state index contributed by atoms with van der Waals surface area (Å²) in [6.07, 6.45) is 4.79. The van der Waals surface area contributed by atoms with Crippen LogP contribution in [0.15, 0.2) is 48.5 Å². The Kier molecular flexibility index (Phi) is 12.2. The Morgan fingerprint density at radius 2 is 1.59 bits per heavy atom. The van der Waals surface area contributed by atoms with Crippen molar-refractivity contribution in [1.29, 1.82) is 0 Å². The van der Waals surface area contributed by atoms with Crippen LogP contribution in [0.4, 0.5) is 0 Å². The van der Waals surface area contributed by atoms with Crippen molar-refractivity contribution < 1.29 is 24.2 Å². The van der Waals surface area contributed by atoms with Crippen LogP contribution < -0.4 is 4.74 Å². The van der Waals surface area contributed by atoms with Gasteiger partial charge in [-0.1, -0.05) is 55.8 Å². The van der Waals surface area contributed by atoms with Crippen LogP contribution in [0.2, 0.25) is 0 Å². The van der Waals surface area contributed by atoms with Crippen LogP contribution >= 0.6 is 0 Å². The van der Waals surface area contributed by atoms with Crippen LogP contribution in [-0.4, -0.2) is 55.3 Å². The topological polar surface area (TPSA) is 76.1 Å².